The number of carbonyl (C=O) groups excluding carboxylic acids is 2. The molecule has 0 aromatic heterocycles. The summed E-state index contributed by atoms with van der Waals surface area (Å²) in [5, 5.41) is 0. The highest BCUT2D eigenvalue weighted by Gasteiger charge is 2.11. The maximum absolute atomic E-state index is 12.1. The minimum atomic E-state index is -0.496. The van der Waals surface area contributed by atoms with Gasteiger partial charge in [0, 0.05) is 0 Å². The van der Waals surface area contributed by atoms with Gasteiger partial charge in [-0.15, -0.1) is 0 Å². The van der Waals surface area contributed by atoms with Gasteiger partial charge in [0.05, 0.1) is 6.61 Å². The number of ether oxygens (including phenoxy) is 1. The van der Waals surface area contributed by atoms with Crippen molar-refractivity contribution in [2.24, 2.45) is 0 Å². The van der Waals surface area contributed by atoms with Crippen LogP contribution in [-0.2, 0) is 14.3 Å². The maximum atomic E-state index is 12.1. The predicted molar refractivity (Wildman–Crippen MR) is 86.2 cm³/mol. The number of rotatable bonds is 6. The van der Waals surface area contributed by atoms with Crippen LogP contribution >= 0.6 is 0 Å². The molecule has 0 saturated heterocycles. The third-order valence-corrected chi connectivity index (χ3v) is 3.10. The Labute approximate surface area is 130 Å². The number of ketones is 1. The van der Waals surface area contributed by atoms with Crippen LogP contribution in [-0.4, -0.2) is 18.4 Å². The number of carbonyl (C=O) groups is 2. The van der Waals surface area contributed by atoms with Crippen LogP contribution in [0.2, 0.25) is 0 Å². The number of hydrogen-bond acceptors (Lipinski definition) is 3. The molecule has 3 heteroatoms. The highest BCUT2D eigenvalue weighted by Crippen LogP contribution is 2.23. The second-order valence-corrected chi connectivity index (χ2v) is 4.74. The molecule has 0 atom stereocenters. The van der Waals surface area contributed by atoms with Gasteiger partial charge in [-0.1, -0.05) is 60.7 Å². The molecule has 0 unspecified atom stereocenters. The van der Waals surface area contributed by atoms with E-state index in [4.69, 9.17) is 4.74 Å². The van der Waals surface area contributed by atoms with Gasteiger partial charge in [0.15, 0.2) is 5.78 Å². The number of esters is 1. The summed E-state index contributed by atoms with van der Waals surface area (Å²) in [6, 6.07) is 19.3. The van der Waals surface area contributed by atoms with Crippen LogP contribution < -0.4 is 0 Å². The lowest BCUT2D eigenvalue weighted by Gasteiger charge is -2.08. The maximum Gasteiger partial charge on any atom is 0.313 e. The first-order chi connectivity index (χ1) is 10.7. The third kappa shape index (κ3) is 4.42. The Hall–Kier alpha value is -2.68. The van der Waals surface area contributed by atoms with Gasteiger partial charge in [-0.2, -0.15) is 0 Å². The fraction of sp³-hybridized carbons (Fsp3) is 0.158. The lowest BCUT2D eigenvalue weighted by Crippen LogP contribution is -2.09. The van der Waals surface area contributed by atoms with Crippen molar-refractivity contribution in [2.75, 3.05) is 6.61 Å². The molecule has 0 heterocycles. The number of hydrogen-bond donors (Lipinski definition) is 0. The van der Waals surface area contributed by atoms with Crippen LogP contribution in [0.5, 0.6) is 0 Å². The quantitative estimate of drug-likeness (QED) is 0.464. The van der Waals surface area contributed by atoms with E-state index in [0.717, 1.165) is 16.7 Å². The molecule has 2 aromatic rings. The highest BCUT2D eigenvalue weighted by molar-refractivity contribution is 6.07. The molecule has 0 aliphatic carbocycles. The van der Waals surface area contributed by atoms with Gasteiger partial charge in [-0.3, -0.25) is 9.59 Å². The molecule has 112 valence electrons. The van der Waals surface area contributed by atoms with Crippen molar-refractivity contribution >= 4 is 17.3 Å². The monoisotopic (exact) mass is 294 g/mol. The van der Waals surface area contributed by atoms with Crippen molar-refractivity contribution in [1.82, 2.24) is 0 Å². The Kier molecular flexibility index (Phi) is 5.66. The molecule has 0 N–H and O–H groups in total. The van der Waals surface area contributed by atoms with Crippen molar-refractivity contribution in [3.05, 3.63) is 77.9 Å². The van der Waals surface area contributed by atoms with E-state index in [2.05, 4.69) is 0 Å². The summed E-state index contributed by atoms with van der Waals surface area (Å²) in [6.45, 7) is 2.00. The summed E-state index contributed by atoms with van der Waals surface area (Å²) in [5.41, 5.74) is 2.67. The third-order valence-electron chi connectivity index (χ3n) is 3.10. The lowest BCUT2D eigenvalue weighted by molar-refractivity contribution is -0.144. The van der Waals surface area contributed by atoms with Gasteiger partial charge < -0.3 is 4.74 Å². The fourth-order valence-corrected chi connectivity index (χ4v) is 2.14. The average molecular weight is 294 g/mol. The molecule has 0 aliphatic rings. The molecular formula is C19H18O3. The SMILES string of the molecule is CCOC(=O)CC(=O)C=C(c1ccccc1)c1ccccc1. The van der Waals surface area contributed by atoms with Crippen LogP contribution in [0.25, 0.3) is 5.57 Å². The van der Waals surface area contributed by atoms with Crippen molar-refractivity contribution in [3.8, 4) is 0 Å². The Morgan fingerprint density at radius 3 is 1.86 bits per heavy atom. The van der Waals surface area contributed by atoms with Crippen LogP contribution in [0.4, 0.5) is 0 Å². The van der Waals surface area contributed by atoms with Crippen LogP contribution in [0.3, 0.4) is 0 Å². The molecule has 0 amide bonds. The fourth-order valence-electron chi connectivity index (χ4n) is 2.14. The van der Waals surface area contributed by atoms with Gasteiger partial charge in [0.1, 0.15) is 6.42 Å². The molecule has 2 aromatic carbocycles. The first kappa shape index (κ1) is 15.7. The van der Waals surface area contributed by atoms with Gasteiger partial charge in [0.25, 0.3) is 0 Å². The molecule has 0 fully saturated rings. The molecule has 0 bridgehead atoms. The molecule has 22 heavy (non-hydrogen) atoms. The topological polar surface area (TPSA) is 43.4 Å². The summed E-state index contributed by atoms with van der Waals surface area (Å²) in [4.78, 5) is 23.5. The zero-order chi connectivity index (χ0) is 15.8. The minimum absolute atomic E-state index is 0.239. The van der Waals surface area contributed by atoms with Gasteiger partial charge in [0.2, 0.25) is 0 Å². The van der Waals surface area contributed by atoms with Crippen LogP contribution in [0.15, 0.2) is 66.7 Å². The summed E-state index contributed by atoms with van der Waals surface area (Å²) >= 11 is 0. The Morgan fingerprint density at radius 2 is 1.41 bits per heavy atom. The number of benzene rings is 2. The van der Waals surface area contributed by atoms with E-state index in [-0.39, 0.29) is 18.8 Å². The lowest BCUT2D eigenvalue weighted by atomic mass is 9.96. The van der Waals surface area contributed by atoms with Crippen molar-refractivity contribution in [3.63, 3.8) is 0 Å². The summed E-state index contributed by atoms with van der Waals surface area (Å²) in [5.74, 6) is -0.759. The van der Waals surface area contributed by atoms with Crippen molar-refractivity contribution in [1.29, 1.82) is 0 Å². The largest absolute Gasteiger partial charge is 0.466 e. The molecule has 0 spiro atoms. The second-order valence-electron chi connectivity index (χ2n) is 4.74. The van der Waals surface area contributed by atoms with E-state index < -0.39 is 5.97 Å². The van der Waals surface area contributed by atoms with Gasteiger partial charge in [-0.25, -0.2) is 0 Å². The van der Waals surface area contributed by atoms with Crippen LogP contribution in [0, 0.1) is 0 Å². The van der Waals surface area contributed by atoms with E-state index in [0.29, 0.717) is 0 Å². The van der Waals surface area contributed by atoms with Gasteiger partial charge >= 0.3 is 5.97 Å². The summed E-state index contributed by atoms with van der Waals surface area (Å²) in [6.07, 6.45) is 1.28. The first-order valence-electron chi connectivity index (χ1n) is 7.21. The zero-order valence-electron chi connectivity index (χ0n) is 12.5. The Morgan fingerprint density at radius 1 is 0.909 bits per heavy atom. The summed E-state index contributed by atoms with van der Waals surface area (Å²) in [7, 11) is 0. The van der Waals surface area contributed by atoms with Crippen molar-refractivity contribution in [2.45, 2.75) is 13.3 Å². The average Bonchev–Trinajstić information content (AvgIpc) is 2.54. The van der Waals surface area contributed by atoms with Crippen LogP contribution in [0.1, 0.15) is 24.5 Å². The predicted octanol–water partition coefficient (Wildman–Crippen LogP) is 3.64. The summed E-state index contributed by atoms with van der Waals surface area (Å²) < 4.78 is 4.82. The Balaban J connectivity index is 2.31. The van der Waals surface area contributed by atoms with E-state index in [1.165, 1.54) is 6.08 Å². The molecular weight excluding hydrogens is 276 g/mol. The zero-order valence-corrected chi connectivity index (χ0v) is 12.5. The van der Waals surface area contributed by atoms with Crippen molar-refractivity contribution < 1.29 is 14.3 Å². The smallest absolute Gasteiger partial charge is 0.313 e. The number of allylic oxidation sites excluding steroid dienone is 1. The van der Waals surface area contributed by atoms with E-state index in [9.17, 15) is 9.59 Å². The normalized spacial score (nSPS) is 9.86. The molecule has 2 rings (SSSR count). The van der Waals surface area contributed by atoms with Gasteiger partial charge in [-0.05, 0) is 29.7 Å². The van der Waals surface area contributed by atoms with E-state index in [1.807, 2.05) is 60.7 Å². The van der Waals surface area contributed by atoms with E-state index in [1.54, 1.807) is 6.92 Å². The molecule has 0 radical (unpaired) electrons. The molecule has 0 aliphatic heterocycles. The highest BCUT2D eigenvalue weighted by atomic mass is 16.5. The molecule has 3 nitrogen and oxygen atoms in total. The minimum Gasteiger partial charge on any atom is -0.466 e. The first-order valence-corrected chi connectivity index (χ1v) is 7.21. The van der Waals surface area contributed by atoms with E-state index >= 15 is 0 Å². The Bertz CT molecular complexity index is 616. The standard InChI is InChI=1S/C19H18O3/c1-2-22-19(21)14-17(20)13-18(15-9-5-3-6-10-15)16-11-7-4-8-12-16/h3-13H,2,14H2,1H3. The second kappa shape index (κ2) is 7.93. The molecule has 0 saturated carbocycles.